The first kappa shape index (κ1) is 17.5. The Morgan fingerprint density at radius 1 is 0.944 bits per heavy atom. The van der Waals surface area contributed by atoms with E-state index < -0.39 is 0 Å². The maximum absolute atomic E-state index is 12.0. The predicted octanol–water partition coefficient (Wildman–Crippen LogP) is 4.96. The molecule has 0 heterocycles. The Kier molecular flexibility index (Phi) is 11.2. The van der Waals surface area contributed by atoms with Crippen molar-refractivity contribution in [1.29, 1.82) is 0 Å². The molecular weight excluding hydrogens is 224 g/mol. The zero-order valence-electron chi connectivity index (χ0n) is 12.8. The van der Waals surface area contributed by atoms with Crippen LogP contribution in [0.4, 0.5) is 0 Å². The molecule has 0 aromatic rings. The van der Waals surface area contributed by atoms with Crippen molar-refractivity contribution in [1.82, 2.24) is 0 Å². The monoisotopic (exact) mass is 256 g/mol. The number of ether oxygens (including phenoxy) is 1. The van der Waals surface area contributed by atoms with Crippen molar-refractivity contribution in [2.75, 3.05) is 6.61 Å². The number of carbonyl (C=O) groups is 1. The molecular formula is C16H32O2. The second-order valence-corrected chi connectivity index (χ2v) is 5.29. The average Bonchev–Trinajstić information content (AvgIpc) is 2.39. The smallest absolute Gasteiger partial charge is 0.308 e. The Balaban J connectivity index is 3.95. The highest BCUT2D eigenvalue weighted by Gasteiger charge is 2.18. The maximum atomic E-state index is 12.0. The molecule has 0 fully saturated rings. The third kappa shape index (κ3) is 7.73. The third-order valence-corrected chi connectivity index (χ3v) is 3.74. The van der Waals surface area contributed by atoms with Crippen LogP contribution in [0.25, 0.3) is 0 Å². The molecule has 0 aromatic carbocycles. The van der Waals surface area contributed by atoms with Crippen LogP contribution in [0.3, 0.4) is 0 Å². The summed E-state index contributed by atoms with van der Waals surface area (Å²) in [5.74, 6) is 0.701. The molecule has 0 bridgehead atoms. The third-order valence-electron chi connectivity index (χ3n) is 3.74. The van der Waals surface area contributed by atoms with E-state index in [0.717, 1.165) is 32.1 Å². The maximum Gasteiger partial charge on any atom is 0.308 e. The summed E-state index contributed by atoms with van der Waals surface area (Å²) in [6.07, 6.45) is 8.92. The molecule has 0 aliphatic heterocycles. The van der Waals surface area contributed by atoms with Crippen LogP contribution in [0.1, 0.15) is 79.1 Å². The molecule has 0 amide bonds. The SMILES string of the molecule is CCCC[C@H](CC)COC(=O)[C@@H](CC)CCCC. The summed E-state index contributed by atoms with van der Waals surface area (Å²) in [5, 5.41) is 0. The molecule has 0 aliphatic carbocycles. The van der Waals surface area contributed by atoms with Crippen molar-refractivity contribution in [3.63, 3.8) is 0 Å². The molecule has 0 saturated heterocycles. The second kappa shape index (κ2) is 11.6. The van der Waals surface area contributed by atoms with E-state index in [2.05, 4.69) is 27.7 Å². The van der Waals surface area contributed by atoms with Crippen LogP contribution in [0.2, 0.25) is 0 Å². The van der Waals surface area contributed by atoms with Crippen LogP contribution >= 0.6 is 0 Å². The first-order chi connectivity index (χ1) is 8.69. The second-order valence-electron chi connectivity index (χ2n) is 5.29. The average molecular weight is 256 g/mol. The summed E-state index contributed by atoms with van der Waals surface area (Å²) < 4.78 is 5.50. The minimum absolute atomic E-state index is 0.0286. The number of carbonyl (C=O) groups excluding carboxylic acids is 1. The Bertz CT molecular complexity index is 201. The van der Waals surface area contributed by atoms with Gasteiger partial charge in [-0.15, -0.1) is 0 Å². The molecule has 0 unspecified atom stereocenters. The fourth-order valence-electron chi connectivity index (χ4n) is 2.16. The van der Waals surface area contributed by atoms with Gasteiger partial charge in [0, 0.05) is 0 Å². The fourth-order valence-corrected chi connectivity index (χ4v) is 2.16. The van der Waals surface area contributed by atoms with Crippen molar-refractivity contribution in [2.45, 2.75) is 79.1 Å². The van der Waals surface area contributed by atoms with Gasteiger partial charge in [-0.1, -0.05) is 59.8 Å². The van der Waals surface area contributed by atoms with Crippen LogP contribution in [0, 0.1) is 11.8 Å². The van der Waals surface area contributed by atoms with E-state index in [-0.39, 0.29) is 11.9 Å². The van der Waals surface area contributed by atoms with E-state index in [9.17, 15) is 4.79 Å². The van der Waals surface area contributed by atoms with Crippen molar-refractivity contribution in [2.24, 2.45) is 11.8 Å². The van der Waals surface area contributed by atoms with Crippen molar-refractivity contribution in [3.8, 4) is 0 Å². The van der Waals surface area contributed by atoms with Gasteiger partial charge in [-0.2, -0.15) is 0 Å². The van der Waals surface area contributed by atoms with Gasteiger partial charge in [0.05, 0.1) is 12.5 Å². The quantitative estimate of drug-likeness (QED) is 0.488. The van der Waals surface area contributed by atoms with E-state index in [1.807, 2.05) is 0 Å². The Morgan fingerprint density at radius 3 is 2.06 bits per heavy atom. The molecule has 18 heavy (non-hydrogen) atoms. The van der Waals surface area contributed by atoms with Crippen LogP contribution in [0.5, 0.6) is 0 Å². The summed E-state index contributed by atoms with van der Waals surface area (Å²) in [4.78, 5) is 12.0. The van der Waals surface area contributed by atoms with Crippen LogP contribution < -0.4 is 0 Å². The Labute approximate surface area is 113 Å². The van der Waals surface area contributed by atoms with Crippen molar-refractivity contribution < 1.29 is 9.53 Å². The normalized spacial score (nSPS) is 14.2. The first-order valence-electron chi connectivity index (χ1n) is 7.86. The number of rotatable bonds is 11. The number of unbranched alkanes of at least 4 members (excludes halogenated alkanes) is 2. The van der Waals surface area contributed by atoms with E-state index in [1.165, 1.54) is 19.3 Å². The van der Waals surface area contributed by atoms with Crippen LogP contribution in [-0.4, -0.2) is 12.6 Å². The molecule has 0 rings (SSSR count). The molecule has 2 heteroatoms. The Morgan fingerprint density at radius 2 is 1.56 bits per heavy atom. The van der Waals surface area contributed by atoms with Gasteiger partial charge in [0.25, 0.3) is 0 Å². The number of esters is 1. The lowest BCUT2D eigenvalue weighted by atomic mass is 9.98. The van der Waals surface area contributed by atoms with E-state index >= 15 is 0 Å². The van der Waals surface area contributed by atoms with Gasteiger partial charge in [0.2, 0.25) is 0 Å². The van der Waals surface area contributed by atoms with Crippen LogP contribution in [-0.2, 0) is 9.53 Å². The van der Waals surface area contributed by atoms with Gasteiger partial charge < -0.3 is 4.74 Å². The Hall–Kier alpha value is -0.530. The topological polar surface area (TPSA) is 26.3 Å². The van der Waals surface area contributed by atoms with E-state index in [0.29, 0.717) is 12.5 Å². The predicted molar refractivity (Wildman–Crippen MR) is 77.6 cm³/mol. The highest BCUT2D eigenvalue weighted by Crippen LogP contribution is 2.17. The summed E-state index contributed by atoms with van der Waals surface area (Å²) in [7, 11) is 0. The van der Waals surface area contributed by atoms with E-state index in [1.54, 1.807) is 0 Å². The zero-order valence-corrected chi connectivity index (χ0v) is 12.8. The molecule has 2 nitrogen and oxygen atoms in total. The van der Waals surface area contributed by atoms with Crippen LogP contribution in [0.15, 0.2) is 0 Å². The molecule has 108 valence electrons. The van der Waals surface area contributed by atoms with Gasteiger partial charge in [0.15, 0.2) is 0 Å². The standard InChI is InChI=1S/C16H32O2/c1-5-9-11-14(7-3)13-18-16(17)15(8-4)12-10-6-2/h14-15H,5-13H2,1-4H3/t14-,15-/m0/s1. The molecule has 0 spiro atoms. The fraction of sp³-hybridized carbons (Fsp3) is 0.938. The summed E-state index contributed by atoms with van der Waals surface area (Å²) in [6.45, 7) is 9.25. The van der Waals surface area contributed by atoms with Gasteiger partial charge in [-0.3, -0.25) is 4.79 Å². The van der Waals surface area contributed by atoms with Gasteiger partial charge in [-0.25, -0.2) is 0 Å². The largest absolute Gasteiger partial charge is 0.465 e. The number of hydrogen-bond donors (Lipinski definition) is 0. The number of hydrogen-bond acceptors (Lipinski definition) is 2. The molecule has 0 radical (unpaired) electrons. The minimum Gasteiger partial charge on any atom is -0.465 e. The lowest BCUT2D eigenvalue weighted by Crippen LogP contribution is -2.21. The lowest BCUT2D eigenvalue weighted by molar-refractivity contribution is -0.150. The molecule has 0 aliphatic rings. The van der Waals surface area contributed by atoms with Gasteiger partial charge in [0.1, 0.15) is 0 Å². The van der Waals surface area contributed by atoms with E-state index in [4.69, 9.17) is 4.74 Å². The first-order valence-corrected chi connectivity index (χ1v) is 7.86. The van der Waals surface area contributed by atoms with Crippen molar-refractivity contribution in [3.05, 3.63) is 0 Å². The molecule has 0 N–H and O–H groups in total. The highest BCUT2D eigenvalue weighted by molar-refractivity contribution is 5.72. The zero-order chi connectivity index (χ0) is 13.8. The minimum atomic E-state index is 0.0286. The summed E-state index contributed by atoms with van der Waals surface area (Å²) >= 11 is 0. The lowest BCUT2D eigenvalue weighted by Gasteiger charge is -2.18. The molecule has 0 aromatic heterocycles. The summed E-state index contributed by atoms with van der Waals surface area (Å²) in [5.41, 5.74) is 0. The molecule has 2 atom stereocenters. The van der Waals surface area contributed by atoms with Gasteiger partial charge >= 0.3 is 5.97 Å². The molecule has 0 saturated carbocycles. The summed E-state index contributed by atoms with van der Waals surface area (Å²) in [6, 6.07) is 0. The highest BCUT2D eigenvalue weighted by atomic mass is 16.5. The van der Waals surface area contributed by atoms with Crippen molar-refractivity contribution >= 4 is 5.97 Å². The van der Waals surface area contributed by atoms with Gasteiger partial charge in [-0.05, 0) is 25.2 Å².